The summed E-state index contributed by atoms with van der Waals surface area (Å²) >= 11 is 0. The molecule has 0 unspecified atom stereocenters. The summed E-state index contributed by atoms with van der Waals surface area (Å²) in [6.45, 7) is 0.232. The van der Waals surface area contributed by atoms with Gasteiger partial charge in [-0.2, -0.15) is 0 Å². The molecule has 0 bridgehead atoms. The summed E-state index contributed by atoms with van der Waals surface area (Å²) in [5.74, 6) is -3.74. The predicted molar refractivity (Wildman–Crippen MR) is 97.2 cm³/mol. The number of hydrogen-bond acceptors (Lipinski definition) is 2. The summed E-state index contributed by atoms with van der Waals surface area (Å²) in [6.07, 6.45) is -0.677. The standard InChI is InChI=1S/C20H20F2N2O3/c21-20(22)10-12-23(13-11-20)19(27)24(17-4-2-1-3-5-17)14-15-6-8-16(9-7-15)18(25)26/h1-9H,10-14H2,(H,25,26). The molecule has 1 saturated heterocycles. The molecule has 0 saturated carbocycles. The van der Waals surface area contributed by atoms with E-state index in [9.17, 15) is 18.4 Å². The van der Waals surface area contributed by atoms with Crippen molar-refractivity contribution >= 4 is 17.7 Å². The van der Waals surface area contributed by atoms with Crippen LogP contribution in [0.1, 0.15) is 28.8 Å². The normalized spacial score (nSPS) is 16.0. The van der Waals surface area contributed by atoms with E-state index in [2.05, 4.69) is 0 Å². The van der Waals surface area contributed by atoms with Gasteiger partial charge in [0.1, 0.15) is 0 Å². The molecule has 0 aromatic heterocycles. The number of nitrogens with zero attached hydrogens (tertiary/aromatic N) is 2. The number of amides is 2. The second kappa shape index (κ2) is 7.73. The number of carbonyl (C=O) groups is 2. The first-order chi connectivity index (χ1) is 12.9. The molecule has 1 N–H and O–H groups in total. The molecule has 1 fully saturated rings. The smallest absolute Gasteiger partial charge is 0.335 e. The van der Waals surface area contributed by atoms with Gasteiger partial charge in [-0.25, -0.2) is 18.4 Å². The van der Waals surface area contributed by atoms with Crippen LogP contribution in [-0.4, -0.2) is 41.0 Å². The summed E-state index contributed by atoms with van der Waals surface area (Å²) in [7, 11) is 0. The van der Waals surface area contributed by atoms with E-state index >= 15 is 0 Å². The number of aromatic carboxylic acids is 1. The lowest BCUT2D eigenvalue weighted by atomic mass is 10.1. The number of halogens is 2. The maximum absolute atomic E-state index is 13.4. The number of piperidine rings is 1. The Labute approximate surface area is 155 Å². The number of carboxylic acid groups (broad SMARTS) is 1. The first-order valence-corrected chi connectivity index (χ1v) is 8.67. The Bertz CT molecular complexity index is 800. The van der Waals surface area contributed by atoms with Crippen molar-refractivity contribution in [3.05, 3.63) is 65.7 Å². The number of alkyl halides is 2. The minimum atomic E-state index is -2.72. The highest BCUT2D eigenvalue weighted by atomic mass is 19.3. The van der Waals surface area contributed by atoms with Crippen LogP contribution in [-0.2, 0) is 6.54 Å². The topological polar surface area (TPSA) is 60.9 Å². The van der Waals surface area contributed by atoms with Crippen molar-refractivity contribution in [2.24, 2.45) is 0 Å². The van der Waals surface area contributed by atoms with Crippen LogP contribution in [0, 0.1) is 0 Å². The van der Waals surface area contributed by atoms with E-state index in [-0.39, 0.29) is 44.1 Å². The van der Waals surface area contributed by atoms with Gasteiger partial charge in [0.25, 0.3) is 5.92 Å². The summed E-state index contributed by atoms with van der Waals surface area (Å²) < 4.78 is 26.8. The second-order valence-corrected chi connectivity index (χ2v) is 6.55. The molecule has 27 heavy (non-hydrogen) atoms. The van der Waals surface area contributed by atoms with E-state index in [1.54, 1.807) is 36.4 Å². The van der Waals surface area contributed by atoms with E-state index < -0.39 is 11.9 Å². The Morgan fingerprint density at radius 1 is 1.00 bits per heavy atom. The van der Waals surface area contributed by atoms with Crippen LogP contribution in [0.15, 0.2) is 54.6 Å². The number of urea groups is 1. The summed E-state index contributed by atoms with van der Waals surface area (Å²) in [5.41, 5.74) is 1.57. The Balaban J connectivity index is 1.81. The third kappa shape index (κ3) is 4.61. The van der Waals surface area contributed by atoms with E-state index in [4.69, 9.17) is 5.11 Å². The third-order valence-electron chi connectivity index (χ3n) is 4.61. The van der Waals surface area contributed by atoms with Gasteiger partial charge < -0.3 is 10.0 Å². The molecule has 7 heteroatoms. The maximum Gasteiger partial charge on any atom is 0.335 e. The largest absolute Gasteiger partial charge is 0.478 e. The van der Waals surface area contributed by atoms with Crippen molar-refractivity contribution < 1.29 is 23.5 Å². The zero-order valence-electron chi connectivity index (χ0n) is 14.6. The Morgan fingerprint density at radius 2 is 1.59 bits per heavy atom. The predicted octanol–water partition coefficient (Wildman–Crippen LogP) is 4.24. The molecule has 5 nitrogen and oxygen atoms in total. The van der Waals surface area contributed by atoms with Gasteiger partial charge in [-0.15, -0.1) is 0 Å². The molecular formula is C20H20F2N2O3. The highest BCUT2D eigenvalue weighted by molar-refractivity contribution is 5.92. The number of hydrogen-bond donors (Lipinski definition) is 1. The lowest BCUT2D eigenvalue weighted by Crippen LogP contribution is -2.48. The zero-order valence-corrected chi connectivity index (χ0v) is 14.6. The van der Waals surface area contributed by atoms with E-state index in [1.165, 1.54) is 21.9 Å². The van der Waals surface area contributed by atoms with Gasteiger partial charge in [0.15, 0.2) is 0 Å². The lowest BCUT2D eigenvalue weighted by Gasteiger charge is -2.35. The third-order valence-corrected chi connectivity index (χ3v) is 4.61. The fraction of sp³-hybridized carbons (Fsp3) is 0.300. The van der Waals surface area contributed by atoms with Gasteiger partial charge in [-0.3, -0.25) is 4.90 Å². The average molecular weight is 374 g/mol. The number of para-hydroxylation sites is 1. The SMILES string of the molecule is O=C(O)c1ccc(CN(C(=O)N2CCC(F)(F)CC2)c2ccccc2)cc1. The first-order valence-electron chi connectivity index (χ1n) is 8.67. The Hall–Kier alpha value is -2.96. The number of anilines is 1. The van der Waals surface area contributed by atoms with Gasteiger partial charge in [0.05, 0.1) is 12.1 Å². The van der Waals surface area contributed by atoms with Crippen LogP contribution in [0.3, 0.4) is 0 Å². The number of carboxylic acids is 1. The average Bonchev–Trinajstić information content (AvgIpc) is 2.66. The highest BCUT2D eigenvalue weighted by Gasteiger charge is 2.37. The van der Waals surface area contributed by atoms with Gasteiger partial charge in [-0.05, 0) is 29.8 Å². The molecular weight excluding hydrogens is 354 g/mol. The van der Waals surface area contributed by atoms with Gasteiger partial charge in [0, 0.05) is 31.6 Å². The minimum Gasteiger partial charge on any atom is -0.478 e. The van der Waals surface area contributed by atoms with Crippen molar-refractivity contribution in [3.8, 4) is 0 Å². The fourth-order valence-electron chi connectivity index (χ4n) is 3.01. The quantitative estimate of drug-likeness (QED) is 0.871. The van der Waals surface area contributed by atoms with Crippen LogP contribution < -0.4 is 4.90 Å². The van der Waals surface area contributed by atoms with Gasteiger partial charge >= 0.3 is 12.0 Å². The first kappa shape index (κ1) is 18.8. The van der Waals surface area contributed by atoms with Gasteiger partial charge in [0.2, 0.25) is 0 Å². The minimum absolute atomic E-state index is 0.00706. The molecule has 0 aliphatic carbocycles. The molecule has 2 aromatic carbocycles. The maximum atomic E-state index is 13.4. The summed E-state index contributed by atoms with van der Waals surface area (Å²) in [6, 6.07) is 14.9. The second-order valence-electron chi connectivity index (χ2n) is 6.55. The van der Waals surface area contributed by atoms with E-state index in [1.807, 2.05) is 6.07 Å². The van der Waals surface area contributed by atoms with E-state index in [0.29, 0.717) is 5.69 Å². The van der Waals surface area contributed by atoms with Crippen molar-refractivity contribution in [1.29, 1.82) is 0 Å². The Morgan fingerprint density at radius 3 is 2.15 bits per heavy atom. The van der Waals surface area contributed by atoms with Crippen LogP contribution in [0.2, 0.25) is 0 Å². The molecule has 0 atom stereocenters. The summed E-state index contributed by atoms with van der Waals surface area (Å²) in [4.78, 5) is 27.0. The lowest BCUT2D eigenvalue weighted by molar-refractivity contribution is -0.0465. The molecule has 1 aliphatic heterocycles. The van der Waals surface area contributed by atoms with Crippen LogP contribution in [0.25, 0.3) is 0 Å². The number of carbonyl (C=O) groups excluding carboxylic acids is 1. The fourth-order valence-corrected chi connectivity index (χ4v) is 3.01. The number of rotatable bonds is 4. The molecule has 1 heterocycles. The molecule has 0 radical (unpaired) electrons. The van der Waals surface area contributed by atoms with Crippen molar-refractivity contribution in [2.75, 3.05) is 18.0 Å². The van der Waals surface area contributed by atoms with Crippen LogP contribution in [0.5, 0.6) is 0 Å². The molecule has 142 valence electrons. The molecule has 2 aromatic rings. The summed E-state index contributed by atoms with van der Waals surface area (Å²) in [5, 5.41) is 9.00. The van der Waals surface area contributed by atoms with Gasteiger partial charge in [-0.1, -0.05) is 30.3 Å². The van der Waals surface area contributed by atoms with Crippen molar-refractivity contribution in [1.82, 2.24) is 4.90 Å². The van der Waals surface area contributed by atoms with Crippen molar-refractivity contribution in [3.63, 3.8) is 0 Å². The van der Waals surface area contributed by atoms with Crippen LogP contribution >= 0.6 is 0 Å². The zero-order chi connectivity index (χ0) is 19.4. The number of benzene rings is 2. The van der Waals surface area contributed by atoms with E-state index in [0.717, 1.165) is 5.56 Å². The highest BCUT2D eigenvalue weighted by Crippen LogP contribution is 2.29. The molecule has 2 amide bonds. The Kier molecular flexibility index (Phi) is 5.39. The monoisotopic (exact) mass is 374 g/mol. The molecule has 3 rings (SSSR count). The number of likely N-dealkylation sites (tertiary alicyclic amines) is 1. The van der Waals surface area contributed by atoms with Crippen molar-refractivity contribution in [2.45, 2.75) is 25.3 Å². The molecule has 1 aliphatic rings. The van der Waals surface area contributed by atoms with Crippen LogP contribution in [0.4, 0.5) is 19.3 Å². The molecule has 0 spiro atoms.